The number of rotatable bonds is 6. The van der Waals surface area contributed by atoms with Gasteiger partial charge < -0.3 is 5.32 Å². The first-order valence-corrected chi connectivity index (χ1v) is 10.7. The summed E-state index contributed by atoms with van der Waals surface area (Å²) in [4.78, 5) is 21.8. The van der Waals surface area contributed by atoms with Crippen LogP contribution < -0.4 is 5.32 Å². The molecule has 3 aromatic heterocycles. The third-order valence-corrected chi connectivity index (χ3v) is 6.14. The number of amides is 1. The van der Waals surface area contributed by atoms with Crippen LogP contribution in [0.3, 0.4) is 0 Å². The van der Waals surface area contributed by atoms with E-state index in [4.69, 9.17) is 0 Å². The van der Waals surface area contributed by atoms with Gasteiger partial charge in [-0.25, -0.2) is 4.98 Å². The number of aromatic nitrogens is 4. The maximum absolute atomic E-state index is 12.1. The summed E-state index contributed by atoms with van der Waals surface area (Å²) in [6.07, 6.45) is 3.54. The normalized spacial score (nSPS) is 10.7. The molecule has 4 aromatic rings. The fourth-order valence-corrected chi connectivity index (χ4v) is 4.26. The van der Waals surface area contributed by atoms with Crippen molar-refractivity contribution in [1.29, 1.82) is 0 Å². The SMILES string of the molecule is Cc1nc(-c2cccnc2)sc1-c1ccc(SCC(=O)Nc2ccccc2)nn1. The Morgan fingerprint density at radius 2 is 1.93 bits per heavy atom. The number of thiazole rings is 1. The summed E-state index contributed by atoms with van der Waals surface area (Å²) in [6, 6.07) is 17.1. The second-order valence-electron chi connectivity index (χ2n) is 6.13. The first-order chi connectivity index (χ1) is 14.2. The third-order valence-electron chi connectivity index (χ3n) is 3.99. The molecule has 0 bridgehead atoms. The van der Waals surface area contributed by atoms with Crippen molar-refractivity contribution in [2.45, 2.75) is 11.9 Å². The van der Waals surface area contributed by atoms with Crippen molar-refractivity contribution in [3.8, 4) is 21.1 Å². The predicted octanol–water partition coefficient (Wildman–Crippen LogP) is 4.70. The second kappa shape index (κ2) is 8.93. The molecule has 0 atom stereocenters. The van der Waals surface area contributed by atoms with Crippen LogP contribution >= 0.6 is 23.1 Å². The summed E-state index contributed by atoms with van der Waals surface area (Å²) in [5.41, 5.74) is 3.44. The fraction of sp³-hybridized carbons (Fsp3) is 0.0952. The molecule has 1 aromatic carbocycles. The Morgan fingerprint density at radius 1 is 1.07 bits per heavy atom. The molecule has 8 heteroatoms. The van der Waals surface area contributed by atoms with Crippen LogP contribution in [0.5, 0.6) is 0 Å². The van der Waals surface area contributed by atoms with Crippen LogP contribution in [-0.4, -0.2) is 31.8 Å². The maximum Gasteiger partial charge on any atom is 0.234 e. The molecular formula is C21H17N5OS2. The molecule has 0 spiro atoms. The molecule has 0 aliphatic rings. The number of anilines is 1. The monoisotopic (exact) mass is 419 g/mol. The van der Waals surface area contributed by atoms with Gasteiger partial charge in [0.15, 0.2) is 0 Å². The van der Waals surface area contributed by atoms with Crippen molar-refractivity contribution in [2.75, 3.05) is 11.1 Å². The average Bonchev–Trinajstić information content (AvgIpc) is 3.16. The molecule has 0 aliphatic carbocycles. The maximum atomic E-state index is 12.1. The Balaban J connectivity index is 1.41. The predicted molar refractivity (Wildman–Crippen MR) is 117 cm³/mol. The summed E-state index contributed by atoms with van der Waals surface area (Å²) in [5.74, 6) is 0.194. The second-order valence-corrected chi connectivity index (χ2v) is 8.13. The summed E-state index contributed by atoms with van der Waals surface area (Å²) >= 11 is 2.92. The van der Waals surface area contributed by atoms with Crippen molar-refractivity contribution in [3.63, 3.8) is 0 Å². The van der Waals surface area contributed by atoms with Crippen LogP contribution in [-0.2, 0) is 4.79 Å². The number of thioether (sulfide) groups is 1. The van der Waals surface area contributed by atoms with Gasteiger partial charge in [-0.1, -0.05) is 30.0 Å². The van der Waals surface area contributed by atoms with Crippen molar-refractivity contribution in [1.82, 2.24) is 20.2 Å². The summed E-state index contributed by atoms with van der Waals surface area (Å²) in [5, 5.41) is 13.0. The number of carbonyl (C=O) groups excluding carboxylic acids is 1. The molecule has 4 rings (SSSR count). The van der Waals surface area contributed by atoms with E-state index in [0.29, 0.717) is 5.03 Å². The zero-order valence-electron chi connectivity index (χ0n) is 15.6. The number of aryl methyl sites for hydroxylation is 1. The van der Waals surface area contributed by atoms with Gasteiger partial charge in [0.25, 0.3) is 0 Å². The highest BCUT2D eigenvalue weighted by Crippen LogP contribution is 2.34. The number of carbonyl (C=O) groups is 1. The Hall–Kier alpha value is -3.10. The highest BCUT2D eigenvalue weighted by atomic mass is 32.2. The molecule has 3 heterocycles. The molecule has 144 valence electrons. The van der Waals surface area contributed by atoms with Crippen molar-refractivity contribution in [2.24, 2.45) is 0 Å². The van der Waals surface area contributed by atoms with Crippen LogP contribution in [0.1, 0.15) is 5.69 Å². The molecule has 0 unspecified atom stereocenters. The van der Waals surface area contributed by atoms with E-state index < -0.39 is 0 Å². The van der Waals surface area contributed by atoms with Gasteiger partial charge in [0.1, 0.15) is 15.7 Å². The lowest BCUT2D eigenvalue weighted by Crippen LogP contribution is -2.13. The smallest absolute Gasteiger partial charge is 0.234 e. The molecule has 0 radical (unpaired) electrons. The van der Waals surface area contributed by atoms with Crippen molar-refractivity contribution >= 4 is 34.7 Å². The number of benzene rings is 1. The standard InChI is InChI=1S/C21H17N5OS2/c1-14-20(29-21(23-14)15-6-5-11-22-12-15)17-9-10-19(26-25-17)28-13-18(27)24-16-7-3-2-4-8-16/h2-12H,13H2,1H3,(H,24,27). The van der Waals surface area contributed by atoms with E-state index >= 15 is 0 Å². The van der Waals surface area contributed by atoms with E-state index in [1.54, 1.807) is 23.7 Å². The zero-order valence-corrected chi connectivity index (χ0v) is 17.2. The largest absolute Gasteiger partial charge is 0.325 e. The summed E-state index contributed by atoms with van der Waals surface area (Å²) < 4.78 is 0. The molecule has 1 N–H and O–H groups in total. The van der Waals surface area contributed by atoms with Crippen molar-refractivity contribution < 1.29 is 4.79 Å². The number of hydrogen-bond donors (Lipinski definition) is 1. The molecule has 6 nitrogen and oxygen atoms in total. The van der Waals surface area contributed by atoms with Gasteiger partial charge in [0, 0.05) is 23.6 Å². The molecule has 0 saturated carbocycles. The van der Waals surface area contributed by atoms with Gasteiger partial charge >= 0.3 is 0 Å². The topological polar surface area (TPSA) is 80.7 Å². The van der Waals surface area contributed by atoms with E-state index in [2.05, 4.69) is 25.5 Å². The van der Waals surface area contributed by atoms with Crippen molar-refractivity contribution in [3.05, 3.63) is 72.7 Å². The van der Waals surface area contributed by atoms with Crippen LogP contribution in [0.2, 0.25) is 0 Å². The van der Waals surface area contributed by atoms with Crippen LogP contribution in [0.15, 0.2) is 72.0 Å². The molecule has 0 aliphatic heterocycles. The lowest BCUT2D eigenvalue weighted by molar-refractivity contribution is -0.113. The van der Waals surface area contributed by atoms with Gasteiger partial charge in [-0.15, -0.1) is 21.5 Å². The minimum Gasteiger partial charge on any atom is -0.325 e. The number of nitrogens with one attached hydrogen (secondary N) is 1. The lowest BCUT2D eigenvalue weighted by Gasteiger charge is -2.04. The number of pyridine rings is 1. The first kappa shape index (κ1) is 19.2. The fourth-order valence-electron chi connectivity index (χ4n) is 2.62. The average molecular weight is 420 g/mol. The Labute approximate surface area is 176 Å². The minimum atomic E-state index is -0.0773. The Kier molecular flexibility index (Phi) is 5.92. The minimum absolute atomic E-state index is 0.0773. The highest BCUT2D eigenvalue weighted by molar-refractivity contribution is 7.99. The van der Waals surface area contributed by atoms with Gasteiger partial charge in [-0.2, -0.15) is 0 Å². The van der Waals surface area contributed by atoms with Gasteiger partial charge in [-0.3, -0.25) is 9.78 Å². The Morgan fingerprint density at radius 3 is 2.66 bits per heavy atom. The molecule has 0 saturated heterocycles. The van der Waals surface area contributed by atoms with Gasteiger partial charge in [0.05, 0.1) is 16.3 Å². The quantitative estimate of drug-likeness (QED) is 0.456. The van der Waals surface area contributed by atoms with E-state index in [1.807, 2.05) is 61.5 Å². The molecule has 0 fully saturated rings. The van der Waals surface area contributed by atoms with Gasteiger partial charge in [-0.05, 0) is 43.3 Å². The number of nitrogens with zero attached hydrogens (tertiary/aromatic N) is 4. The molecule has 1 amide bonds. The Bertz CT molecular complexity index is 1100. The van der Waals surface area contributed by atoms with E-state index in [-0.39, 0.29) is 11.7 Å². The number of para-hydroxylation sites is 1. The summed E-state index contributed by atoms with van der Waals surface area (Å²) in [6.45, 7) is 1.96. The van der Waals surface area contributed by atoms with Crippen LogP contribution in [0.4, 0.5) is 5.69 Å². The number of hydrogen-bond acceptors (Lipinski definition) is 7. The molecular weight excluding hydrogens is 402 g/mol. The third kappa shape index (κ3) is 4.85. The van der Waals surface area contributed by atoms with E-state index in [0.717, 1.165) is 32.5 Å². The summed E-state index contributed by atoms with van der Waals surface area (Å²) in [7, 11) is 0. The lowest BCUT2D eigenvalue weighted by atomic mass is 10.3. The first-order valence-electron chi connectivity index (χ1n) is 8.88. The highest BCUT2D eigenvalue weighted by Gasteiger charge is 2.13. The van der Waals surface area contributed by atoms with Gasteiger partial charge in [0.2, 0.25) is 5.91 Å². The van der Waals surface area contributed by atoms with Crippen LogP contribution in [0.25, 0.3) is 21.1 Å². The zero-order chi connectivity index (χ0) is 20.1. The van der Waals surface area contributed by atoms with E-state index in [1.165, 1.54) is 11.8 Å². The molecule has 29 heavy (non-hydrogen) atoms. The van der Waals surface area contributed by atoms with Crippen LogP contribution in [0, 0.1) is 6.92 Å². The van der Waals surface area contributed by atoms with E-state index in [9.17, 15) is 4.79 Å².